The van der Waals surface area contributed by atoms with Crippen LogP contribution in [0.15, 0.2) is 33.8 Å². The number of sulfone groups is 1. The van der Waals surface area contributed by atoms with Crippen LogP contribution in [0.2, 0.25) is 0 Å². The summed E-state index contributed by atoms with van der Waals surface area (Å²) in [6, 6.07) is 5.31. The average Bonchev–Trinajstić information content (AvgIpc) is 2.54. The van der Waals surface area contributed by atoms with E-state index in [2.05, 4.69) is 26.2 Å². The second kappa shape index (κ2) is 6.14. The predicted molar refractivity (Wildman–Crippen MR) is 90.0 cm³/mol. The van der Waals surface area contributed by atoms with E-state index in [1.54, 1.807) is 18.3 Å². The number of aromatic nitrogens is 1. The van der Waals surface area contributed by atoms with Crippen molar-refractivity contribution in [3.63, 3.8) is 0 Å². The SMILES string of the molecule is CNc1ccnc2cc(Br)c(S(=O)(=O)C3CCOCC3)cc12. The minimum Gasteiger partial charge on any atom is -0.388 e. The first kappa shape index (κ1) is 15.7. The van der Waals surface area contributed by atoms with Crippen molar-refractivity contribution in [3.8, 4) is 0 Å². The molecule has 3 rings (SSSR count). The number of benzene rings is 1. The number of nitrogens with zero attached hydrogens (tertiary/aromatic N) is 1. The molecule has 0 radical (unpaired) electrons. The van der Waals surface area contributed by atoms with Gasteiger partial charge in [-0.3, -0.25) is 4.98 Å². The van der Waals surface area contributed by atoms with E-state index in [1.807, 2.05) is 13.1 Å². The number of nitrogens with one attached hydrogen (secondary N) is 1. The van der Waals surface area contributed by atoms with Gasteiger partial charge in [0, 0.05) is 42.0 Å². The number of hydrogen-bond acceptors (Lipinski definition) is 5. The lowest BCUT2D eigenvalue weighted by Crippen LogP contribution is -2.29. The maximum Gasteiger partial charge on any atom is 0.182 e. The molecule has 1 aliphatic rings. The molecule has 1 aliphatic heterocycles. The second-order valence-electron chi connectivity index (χ2n) is 5.27. The molecule has 0 atom stereocenters. The van der Waals surface area contributed by atoms with Crippen LogP contribution in [0.4, 0.5) is 5.69 Å². The van der Waals surface area contributed by atoms with Crippen molar-refractivity contribution in [2.24, 2.45) is 0 Å². The van der Waals surface area contributed by atoms with Crippen molar-refractivity contribution in [1.29, 1.82) is 0 Å². The summed E-state index contributed by atoms with van der Waals surface area (Å²) in [5, 5.41) is 3.50. The Kier molecular flexibility index (Phi) is 4.38. The summed E-state index contributed by atoms with van der Waals surface area (Å²) in [6.45, 7) is 0.997. The van der Waals surface area contributed by atoms with E-state index >= 15 is 0 Å². The fourth-order valence-electron chi connectivity index (χ4n) is 2.75. The van der Waals surface area contributed by atoms with E-state index < -0.39 is 9.84 Å². The summed E-state index contributed by atoms with van der Waals surface area (Å²) in [7, 11) is -1.58. The fraction of sp³-hybridized carbons (Fsp3) is 0.400. The fourth-order valence-corrected chi connectivity index (χ4v) is 5.54. The zero-order valence-electron chi connectivity index (χ0n) is 12.2. The molecule has 7 heteroatoms. The summed E-state index contributed by atoms with van der Waals surface area (Å²) in [5.74, 6) is 0. The van der Waals surface area contributed by atoms with Gasteiger partial charge in [0.15, 0.2) is 9.84 Å². The number of ether oxygens (including phenoxy) is 1. The van der Waals surface area contributed by atoms with E-state index in [-0.39, 0.29) is 5.25 Å². The molecule has 1 aromatic heterocycles. The Morgan fingerprint density at radius 3 is 2.73 bits per heavy atom. The molecule has 22 heavy (non-hydrogen) atoms. The molecule has 1 saturated heterocycles. The first-order chi connectivity index (χ1) is 10.5. The number of halogens is 1. The Bertz CT molecular complexity index is 802. The third-order valence-corrected chi connectivity index (χ3v) is 7.20. The van der Waals surface area contributed by atoms with Crippen LogP contribution in [0.3, 0.4) is 0 Å². The lowest BCUT2D eigenvalue weighted by Gasteiger charge is -2.23. The van der Waals surface area contributed by atoms with Crippen LogP contribution in [0.25, 0.3) is 10.9 Å². The third-order valence-electron chi connectivity index (χ3n) is 3.98. The van der Waals surface area contributed by atoms with E-state index in [0.717, 1.165) is 16.6 Å². The molecule has 2 heterocycles. The quantitative estimate of drug-likeness (QED) is 0.880. The summed E-state index contributed by atoms with van der Waals surface area (Å²) in [5.41, 5.74) is 1.62. The molecule has 0 unspecified atom stereocenters. The molecule has 0 saturated carbocycles. The highest BCUT2D eigenvalue weighted by atomic mass is 79.9. The van der Waals surface area contributed by atoms with Gasteiger partial charge in [-0.25, -0.2) is 8.42 Å². The molecule has 0 bridgehead atoms. The maximum atomic E-state index is 12.9. The van der Waals surface area contributed by atoms with Gasteiger partial charge in [-0.05, 0) is 47.0 Å². The van der Waals surface area contributed by atoms with Crippen molar-refractivity contribution in [3.05, 3.63) is 28.9 Å². The van der Waals surface area contributed by atoms with Gasteiger partial charge in [0.1, 0.15) is 0 Å². The summed E-state index contributed by atoms with van der Waals surface area (Å²) in [4.78, 5) is 4.63. The monoisotopic (exact) mass is 384 g/mol. The first-order valence-electron chi connectivity index (χ1n) is 7.11. The normalized spacial score (nSPS) is 16.8. The molecule has 118 valence electrons. The molecule has 5 nitrogen and oxygen atoms in total. The van der Waals surface area contributed by atoms with E-state index in [0.29, 0.717) is 35.4 Å². The zero-order valence-corrected chi connectivity index (χ0v) is 14.6. The van der Waals surface area contributed by atoms with Gasteiger partial charge in [0.25, 0.3) is 0 Å². The van der Waals surface area contributed by atoms with Crippen molar-refractivity contribution in [2.45, 2.75) is 23.0 Å². The number of rotatable bonds is 3. The zero-order chi connectivity index (χ0) is 15.7. The van der Waals surface area contributed by atoms with Crippen molar-refractivity contribution >= 4 is 42.4 Å². The highest BCUT2D eigenvalue weighted by Gasteiger charge is 2.31. The van der Waals surface area contributed by atoms with Crippen molar-refractivity contribution in [1.82, 2.24) is 4.98 Å². The second-order valence-corrected chi connectivity index (χ2v) is 8.32. The van der Waals surface area contributed by atoms with Crippen LogP contribution in [0.1, 0.15) is 12.8 Å². The van der Waals surface area contributed by atoms with Crippen LogP contribution in [-0.2, 0) is 14.6 Å². The molecule has 2 aromatic rings. The summed E-state index contributed by atoms with van der Waals surface area (Å²) >= 11 is 3.40. The largest absolute Gasteiger partial charge is 0.388 e. The van der Waals surface area contributed by atoms with Gasteiger partial charge in [-0.15, -0.1) is 0 Å². The van der Waals surface area contributed by atoms with Gasteiger partial charge in [-0.2, -0.15) is 0 Å². The summed E-state index contributed by atoms with van der Waals surface area (Å²) in [6.07, 6.45) is 2.78. The van der Waals surface area contributed by atoms with Gasteiger partial charge in [-0.1, -0.05) is 0 Å². The first-order valence-corrected chi connectivity index (χ1v) is 9.45. The van der Waals surface area contributed by atoms with Crippen LogP contribution in [0, 0.1) is 0 Å². The lowest BCUT2D eigenvalue weighted by molar-refractivity contribution is 0.0983. The van der Waals surface area contributed by atoms with Crippen molar-refractivity contribution in [2.75, 3.05) is 25.6 Å². The van der Waals surface area contributed by atoms with Gasteiger partial charge in [0.05, 0.1) is 15.7 Å². The molecular formula is C15H17BrN2O3S. The van der Waals surface area contributed by atoms with Crippen LogP contribution in [-0.4, -0.2) is 38.9 Å². The molecule has 0 spiro atoms. The van der Waals surface area contributed by atoms with E-state index in [1.165, 1.54) is 0 Å². The van der Waals surface area contributed by atoms with Crippen LogP contribution >= 0.6 is 15.9 Å². The highest BCUT2D eigenvalue weighted by molar-refractivity contribution is 9.10. The smallest absolute Gasteiger partial charge is 0.182 e. The molecule has 0 amide bonds. The number of hydrogen-bond donors (Lipinski definition) is 1. The van der Waals surface area contributed by atoms with Gasteiger partial charge >= 0.3 is 0 Å². The molecular weight excluding hydrogens is 368 g/mol. The Morgan fingerprint density at radius 2 is 2.05 bits per heavy atom. The minimum absolute atomic E-state index is 0.330. The van der Waals surface area contributed by atoms with Crippen LogP contribution in [0.5, 0.6) is 0 Å². The van der Waals surface area contributed by atoms with Gasteiger partial charge < -0.3 is 10.1 Å². The minimum atomic E-state index is -3.39. The number of anilines is 1. The molecule has 0 aliphatic carbocycles. The Balaban J connectivity index is 2.15. The summed E-state index contributed by atoms with van der Waals surface area (Å²) < 4.78 is 31.7. The molecule has 1 aromatic carbocycles. The predicted octanol–water partition coefficient (Wildman–Crippen LogP) is 2.99. The number of fused-ring (bicyclic) bond motifs is 1. The van der Waals surface area contributed by atoms with Gasteiger partial charge in [0.2, 0.25) is 0 Å². The third kappa shape index (κ3) is 2.73. The van der Waals surface area contributed by atoms with Crippen molar-refractivity contribution < 1.29 is 13.2 Å². The highest BCUT2D eigenvalue weighted by Crippen LogP contribution is 2.34. The lowest BCUT2D eigenvalue weighted by atomic mass is 10.2. The Morgan fingerprint density at radius 1 is 1.32 bits per heavy atom. The molecule has 1 N–H and O–H groups in total. The maximum absolute atomic E-state index is 12.9. The van der Waals surface area contributed by atoms with Crippen LogP contribution < -0.4 is 5.32 Å². The van der Waals surface area contributed by atoms with E-state index in [4.69, 9.17) is 4.74 Å². The Hall–Kier alpha value is -1.18. The standard InChI is InChI=1S/C15H17BrN2O3S/c1-17-13-2-5-18-14-9-12(16)15(8-11(13)14)22(19,20)10-3-6-21-7-4-10/h2,5,8-10H,3-4,6-7H2,1H3,(H,17,18). The Labute approximate surface area is 138 Å². The average molecular weight is 385 g/mol. The van der Waals surface area contributed by atoms with E-state index in [9.17, 15) is 8.42 Å². The number of pyridine rings is 1. The topological polar surface area (TPSA) is 68.3 Å². The molecule has 1 fully saturated rings.